The van der Waals surface area contributed by atoms with E-state index in [1.165, 1.54) is 4.88 Å². The fourth-order valence-electron chi connectivity index (χ4n) is 1.34. The number of ether oxygens (including phenoxy) is 1. The molecule has 0 amide bonds. The minimum Gasteiger partial charge on any atom is -0.486 e. The molecule has 15 heavy (non-hydrogen) atoms. The zero-order valence-electron chi connectivity index (χ0n) is 8.57. The van der Waals surface area contributed by atoms with E-state index >= 15 is 0 Å². The molecule has 0 aliphatic carbocycles. The zero-order valence-corrected chi connectivity index (χ0v) is 9.38. The van der Waals surface area contributed by atoms with Crippen LogP contribution in [0.4, 0.5) is 5.69 Å². The molecule has 78 valence electrons. The summed E-state index contributed by atoms with van der Waals surface area (Å²) in [6.45, 7) is 2.60. The van der Waals surface area contributed by atoms with Gasteiger partial charge in [0.2, 0.25) is 0 Å². The van der Waals surface area contributed by atoms with Crippen molar-refractivity contribution in [1.82, 2.24) is 0 Å². The van der Waals surface area contributed by atoms with Gasteiger partial charge < -0.3 is 10.5 Å². The van der Waals surface area contributed by atoms with E-state index in [-0.39, 0.29) is 0 Å². The van der Waals surface area contributed by atoms with Crippen LogP contribution >= 0.6 is 11.3 Å². The maximum atomic E-state index is 5.84. The second kappa shape index (κ2) is 4.36. The summed E-state index contributed by atoms with van der Waals surface area (Å²) in [6.07, 6.45) is 0. The lowest BCUT2D eigenvalue weighted by atomic mass is 10.2. The summed E-state index contributed by atoms with van der Waals surface area (Å²) >= 11 is 1.69. The van der Waals surface area contributed by atoms with E-state index in [4.69, 9.17) is 10.5 Å². The van der Waals surface area contributed by atoms with Gasteiger partial charge >= 0.3 is 0 Å². The molecular formula is C12H13NOS. The van der Waals surface area contributed by atoms with Crippen molar-refractivity contribution in [3.63, 3.8) is 0 Å². The molecule has 0 aliphatic heterocycles. The normalized spacial score (nSPS) is 10.2. The van der Waals surface area contributed by atoms with Gasteiger partial charge in [-0.25, -0.2) is 0 Å². The second-order valence-corrected chi connectivity index (χ2v) is 4.44. The molecule has 0 aliphatic rings. The number of aryl methyl sites for hydroxylation is 1. The molecule has 1 aromatic heterocycles. The van der Waals surface area contributed by atoms with E-state index in [1.54, 1.807) is 11.3 Å². The van der Waals surface area contributed by atoms with Crippen LogP contribution in [-0.4, -0.2) is 0 Å². The number of rotatable bonds is 3. The van der Waals surface area contributed by atoms with Crippen LogP contribution in [0.5, 0.6) is 5.75 Å². The van der Waals surface area contributed by atoms with Gasteiger partial charge in [-0.15, -0.1) is 11.3 Å². The van der Waals surface area contributed by atoms with Crippen LogP contribution in [0.2, 0.25) is 0 Å². The Bertz CT molecular complexity index is 437. The molecule has 2 rings (SSSR count). The summed E-state index contributed by atoms with van der Waals surface area (Å²) < 4.78 is 5.62. The molecule has 0 saturated carbocycles. The first kappa shape index (κ1) is 10.1. The van der Waals surface area contributed by atoms with E-state index in [9.17, 15) is 0 Å². The fraction of sp³-hybridized carbons (Fsp3) is 0.167. The molecule has 0 atom stereocenters. The van der Waals surface area contributed by atoms with Crippen molar-refractivity contribution in [2.75, 3.05) is 5.73 Å². The Labute approximate surface area is 93.3 Å². The van der Waals surface area contributed by atoms with Gasteiger partial charge in [0, 0.05) is 4.88 Å². The van der Waals surface area contributed by atoms with Gasteiger partial charge in [0.25, 0.3) is 0 Å². The summed E-state index contributed by atoms with van der Waals surface area (Å²) in [5, 5.41) is 2.04. The first-order valence-electron chi connectivity index (χ1n) is 4.77. The van der Waals surface area contributed by atoms with Crippen molar-refractivity contribution in [3.8, 4) is 5.75 Å². The van der Waals surface area contributed by atoms with Gasteiger partial charge in [0.05, 0.1) is 5.69 Å². The summed E-state index contributed by atoms with van der Waals surface area (Å²) in [5.41, 5.74) is 7.69. The predicted molar refractivity (Wildman–Crippen MR) is 64.2 cm³/mol. The number of benzene rings is 1. The third kappa shape index (κ3) is 2.50. The van der Waals surface area contributed by atoms with E-state index in [2.05, 4.69) is 6.07 Å². The molecule has 1 aromatic carbocycles. The highest BCUT2D eigenvalue weighted by molar-refractivity contribution is 7.09. The second-order valence-electron chi connectivity index (χ2n) is 3.41. The van der Waals surface area contributed by atoms with Gasteiger partial charge in [0.1, 0.15) is 12.4 Å². The standard InChI is InChI=1S/C12H13NOS/c1-9-4-5-12(11(13)7-9)14-8-10-3-2-6-15-10/h2-7H,8,13H2,1H3. The van der Waals surface area contributed by atoms with Crippen molar-refractivity contribution in [2.45, 2.75) is 13.5 Å². The van der Waals surface area contributed by atoms with Gasteiger partial charge in [-0.1, -0.05) is 12.1 Å². The quantitative estimate of drug-likeness (QED) is 0.804. The molecule has 2 nitrogen and oxygen atoms in total. The first-order valence-corrected chi connectivity index (χ1v) is 5.65. The van der Waals surface area contributed by atoms with Crippen molar-refractivity contribution in [1.29, 1.82) is 0 Å². The van der Waals surface area contributed by atoms with Crippen LogP contribution < -0.4 is 10.5 Å². The molecule has 1 heterocycles. The summed E-state index contributed by atoms with van der Waals surface area (Å²) in [5.74, 6) is 0.758. The minimum absolute atomic E-state index is 0.588. The summed E-state index contributed by atoms with van der Waals surface area (Å²) in [6, 6.07) is 9.90. The zero-order chi connectivity index (χ0) is 10.7. The Kier molecular flexibility index (Phi) is 2.92. The van der Waals surface area contributed by atoms with Crippen LogP contribution in [0.15, 0.2) is 35.7 Å². The molecule has 2 N–H and O–H groups in total. The third-order valence-corrected chi connectivity index (χ3v) is 2.97. The number of hydrogen-bond acceptors (Lipinski definition) is 3. The van der Waals surface area contributed by atoms with Crippen LogP contribution in [-0.2, 0) is 6.61 Å². The van der Waals surface area contributed by atoms with Crippen LogP contribution in [0.3, 0.4) is 0 Å². The molecule has 0 radical (unpaired) electrons. The molecule has 0 bridgehead atoms. The van der Waals surface area contributed by atoms with E-state index < -0.39 is 0 Å². The van der Waals surface area contributed by atoms with E-state index in [0.717, 1.165) is 11.3 Å². The number of hydrogen-bond donors (Lipinski definition) is 1. The fourth-order valence-corrected chi connectivity index (χ4v) is 1.96. The van der Waals surface area contributed by atoms with Gasteiger partial charge in [-0.2, -0.15) is 0 Å². The Morgan fingerprint density at radius 3 is 2.87 bits per heavy atom. The molecular weight excluding hydrogens is 206 g/mol. The molecule has 0 saturated heterocycles. The maximum absolute atomic E-state index is 5.84. The van der Waals surface area contributed by atoms with E-state index in [1.807, 2.05) is 36.6 Å². The van der Waals surface area contributed by atoms with Crippen molar-refractivity contribution in [2.24, 2.45) is 0 Å². The van der Waals surface area contributed by atoms with Crippen LogP contribution in [0, 0.1) is 6.92 Å². The molecule has 0 unspecified atom stereocenters. The lowest BCUT2D eigenvalue weighted by Crippen LogP contribution is -1.97. The van der Waals surface area contributed by atoms with E-state index in [0.29, 0.717) is 12.3 Å². The predicted octanol–water partition coefficient (Wildman–Crippen LogP) is 3.22. The highest BCUT2D eigenvalue weighted by Gasteiger charge is 2.01. The number of anilines is 1. The summed E-state index contributed by atoms with van der Waals surface area (Å²) in [7, 11) is 0. The van der Waals surface area contributed by atoms with Crippen LogP contribution in [0.1, 0.15) is 10.4 Å². The SMILES string of the molecule is Cc1ccc(OCc2cccs2)c(N)c1. The Morgan fingerprint density at radius 2 is 2.20 bits per heavy atom. The number of nitrogens with two attached hydrogens (primary N) is 1. The smallest absolute Gasteiger partial charge is 0.142 e. The van der Waals surface area contributed by atoms with Crippen molar-refractivity contribution >= 4 is 17.0 Å². The highest BCUT2D eigenvalue weighted by atomic mass is 32.1. The average Bonchev–Trinajstić information content (AvgIpc) is 2.69. The highest BCUT2D eigenvalue weighted by Crippen LogP contribution is 2.23. The average molecular weight is 219 g/mol. The monoisotopic (exact) mass is 219 g/mol. The molecule has 3 heteroatoms. The topological polar surface area (TPSA) is 35.2 Å². The maximum Gasteiger partial charge on any atom is 0.142 e. The lowest BCUT2D eigenvalue weighted by molar-refractivity contribution is 0.311. The van der Waals surface area contributed by atoms with Crippen molar-refractivity contribution < 1.29 is 4.74 Å². The Morgan fingerprint density at radius 1 is 1.33 bits per heavy atom. The van der Waals surface area contributed by atoms with Crippen molar-refractivity contribution in [3.05, 3.63) is 46.2 Å². The van der Waals surface area contributed by atoms with Crippen LogP contribution in [0.25, 0.3) is 0 Å². The summed E-state index contributed by atoms with van der Waals surface area (Å²) in [4.78, 5) is 1.20. The first-order chi connectivity index (χ1) is 7.25. The molecule has 0 fully saturated rings. The molecule has 2 aromatic rings. The minimum atomic E-state index is 0.588. The largest absolute Gasteiger partial charge is 0.486 e. The Balaban J connectivity index is 2.05. The molecule has 0 spiro atoms. The number of thiophene rings is 1. The Hall–Kier alpha value is -1.48. The number of nitrogen functional groups attached to an aromatic ring is 1. The third-order valence-electron chi connectivity index (χ3n) is 2.12. The van der Waals surface area contributed by atoms with Gasteiger partial charge in [0.15, 0.2) is 0 Å². The van der Waals surface area contributed by atoms with Gasteiger partial charge in [-0.05, 0) is 36.1 Å². The lowest BCUT2D eigenvalue weighted by Gasteiger charge is -2.08. The van der Waals surface area contributed by atoms with Gasteiger partial charge in [-0.3, -0.25) is 0 Å².